The molecule has 3 rings (SSSR count). The Bertz CT molecular complexity index is 967. The third-order valence-corrected chi connectivity index (χ3v) is 5.56. The zero-order valence-electron chi connectivity index (χ0n) is 17.1. The minimum atomic E-state index is -0.640. The summed E-state index contributed by atoms with van der Waals surface area (Å²) in [6, 6.07) is 9.69. The largest absolute Gasteiger partial charge is 0.383 e. The summed E-state index contributed by atoms with van der Waals surface area (Å²) in [6.07, 6.45) is 3.29. The number of likely N-dealkylation sites (N-methyl/N-ethyl adjacent to an activating group) is 1. The second-order valence-corrected chi connectivity index (χ2v) is 7.52. The molecule has 1 saturated heterocycles. The lowest BCUT2D eigenvalue weighted by atomic mass is 10.0. The van der Waals surface area contributed by atoms with Crippen LogP contribution in [-0.4, -0.2) is 46.0 Å². The second kappa shape index (κ2) is 9.09. The van der Waals surface area contributed by atoms with E-state index in [1.807, 2.05) is 30.3 Å². The van der Waals surface area contributed by atoms with E-state index in [9.17, 15) is 14.4 Å². The van der Waals surface area contributed by atoms with E-state index in [0.29, 0.717) is 6.04 Å². The van der Waals surface area contributed by atoms with Crippen LogP contribution in [0.2, 0.25) is 0 Å². The fourth-order valence-corrected chi connectivity index (χ4v) is 3.87. The van der Waals surface area contributed by atoms with E-state index in [1.165, 1.54) is 15.9 Å². The van der Waals surface area contributed by atoms with Gasteiger partial charge < -0.3 is 10.6 Å². The number of nitrogens with one attached hydrogen (secondary N) is 1. The Labute approximate surface area is 169 Å². The number of amides is 1. The van der Waals surface area contributed by atoms with Crippen LogP contribution in [-0.2, 0) is 11.3 Å². The summed E-state index contributed by atoms with van der Waals surface area (Å²) in [5.41, 5.74) is 5.92. The van der Waals surface area contributed by atoms with E-state index in [-0.39, 0.29) is 37.0 Å². The van der Waals surface area contributed by atoms with Crippen molar-refractivity contribution in [2.75, 3.05) is 30.3 Å². The molecule has 1 aromatic heterocycles. The highest BCUT2D eigenvalue weighted by Gasteiger charge is 2.27. The number of likely N-dealkylation sites (tertiary alicyclic amines) is 1. The predicted molar refractivity (Wildman–Crippen MR) is 114 cm³/mol. The molecule has 8 nitrogen and oxygen atoms in total. The quantitative estimate of drug-likeness (QED) is 0.764. The van der Waals surface area contributed by atoms with Gasteiger partial charge in [0.1, 0.15) is 5.82 Å². The molecule has 1 aliphatic heterocycles. The van der Waals surface area contributed by atoms with Crippen LogP contribution in [0.5, 0.6) is 0 Å². The van der Waals surface area contributed by atoms with Gasteiger partial charge in [-0.1, -0.05) is 36.8 Å². The molecule has 8 heteroatoms. The minimum Gasteiger partial charge on any atom is -0.383 e. The number of carbonyl (C=O) groups excluding carboxylic acids is 1. The van der Waals surface area contributed by atoms with E-state index >= 15 is 0 Å². The number of benzene rings is 1. The molecule has 2 aromatic rings. The van der Waals surface area contributed by atoms with Crippen LogP contribution in [0.3, 0.4) is 0 Å². The average molecular weight is 399 g/mol. The molecule has 0 unspecified atom stereocenters. The van der Waals surface area contributed by atoms with Crippen molar-refractivity contribution in [1.29, 1.82) is 0 Å². The van der Waals surface area contributed by atoms with Gasteiger partial charge in [-0.05, 0) is 38.8 Å². The number of nitrogens with zero attached hydrogens (tertiary/aromatic N) is 3. The number of aromatic nitrogens is 2. The number of hydrogen-bond acceptors (Lipinski definition) is 5. The molecule has 29 heavy (non-hydrogen) atoms. The van der Waals surface area contributed by atoms with Gasteiger partial charge >= 0.3 is 5.69 Å². The van der Waals surface area contributed by atoms with E-state index < -0.39 is 11.2 Å². The Morgan fingerprint density at radius 1 is 1.24 bits per heavy atom. The maximum absolute atomic E-state index is 13.0. The maximum atomic E-state index is 13.0. The summed E-state index contributed by atoms with van der Waals surface area (Å²) in [4.78, 5) is 43.8. The van der Waals surface area contributed by atoms with Gasteiger partial charge in [0.15, 0.2) is 5.69 Å². The highest BCUT2D eigenvalue weighted by atomic mass is 16.2. The van der Waals surface area contributed by atoms with Crippen molar-refractivity contribution in [3.63, 3.8) is 0 Å². The summed E-state index contributed by atoms with van der Waals surface area (Å²) in [5, 5.41) is 0. The fourth-order valence-electron chi connectivity index (χ4n) is 3.87. The summed E-state index contributed by atoms with van der Waals surface area (Å²) in [6.45, 7) is 5.50. The fraction of sp³-hybridized carbons (Fsp3) is 0.476. The SMILES string of the molecule is CCN(C(=O)CN1CCCC[C@@H]1C)c1c(N)n(Cc2ccccc2)c(=O)[nH]c1=O. The van der Waals surface area contributed by atoms with Crippen LogP contribution in [0.15, 0.2) is 39.9 Å². The maximum Gasteiger partial charge on any atom is 0.330 e. The molecule has 0 aliphatic carbocycles. The first kappa shape index (κ1) is 20.9. The van der Waals surface area contributed by atoms with Gasteiger partial charge in [0.05, 0.1) is 13.1 Å². The number of rotatable bonds is 6. The van der Waals surface area contributed by atoms with Gasteiger partial charge in [-0.25, -0.2) is 4.79 Å². The van der Waals surface area contributed by atoms with Crippen LogP contribution in [0.4, 0.5) is 11.5 Å². The number of anilines is 2. The van der Waals surface area contributed by atoms with Crippen LogP contribution in [0, 0.1) is 0 Å². The van der Waals surface area contributed by atoms with Crippen LogP contribution >= 0.6 is 0 Å². The molecule has 1 atom stereocenters. The molecule has 1 aromatic carbocycles. The molecular formula is C21H29N5O3. The van der Waals surface area contributed by atoms with Crippen molar-refractivity contribution in [1.82, 2.24) is 14.5 Å². The van der Waals surface area contributed by atoms with Crippen LogP contribution in [0.25, 0.3) is 0 Å². The molecular weight excluding hydrogens is 370 g/mol. The Morgan fingerprint density at radius 2 is 1.97 bits per heavy atom. The molecule has 0 spiro atoms. The third-order valence-electron chi connectivity index (χ3n) is 5.56. The highest BCUT2D eigenvalue weighted by Crippen LogP contribution is 2.20. The molecule has 3 N–H and O–H groups in total. The Balaban J connectivity index is 1.92. The molecule has 0 saturated carbocycles. The first-order valence-electron chi connectivity index (χ1n) is 10.1. The topological polar surface area (TPSA) is 104 Å². The van der Waals surface area contributed by atoms with Gasteiger partial charge in [0.25, 0.3) is 5.56 Å². The van der Waals surface area contributed by atoms with Crippen molar-refractivity contribution in [3.05, 3.63) is 56.7 Å². The lowest BCUT2D eigenvalue weighted by Gasteiger charge is -2.34. The van der Waals surface area contributed by atoms with E-state index in [0.717, 1.165) is 24.9 Å². The van der Waals surface area contributed by atoms with Crippen LogP contribution < -0.4 is 21.9 Å². The Morgan fingerprint density at radius 3 is 2.62 bits per heavy atom. The summed E-state index contributed by atoms with van der Waals surface area (Å²) >= 11 is 0. The van der Waals surface area contributed by atoms with Gasteiger partial charge in [-0.15, -0.1) is 0 Å². The van der Waals surface area contributed by atoms with Gasteiger partial charge in [-0.3, -0.25) is 24.0 Å². The van der Waals surface area contributed by atoms with E-state index in [1.54, 1.807) is 6.92 Å². The van der Waals surface area contributed by atoms with Crippen molar-refractivity contribution in [2.24, 2.45) is 0 Å². The number of H-pyrrole nitrogens is 1. The molecule has 1 amide bonds. The first-order chi connectivity index (χ1) is 13.9. The standard InChI is InChI=1S/C21H29N5O3/c1-3-25(17(27)14-24-12-8-7-9-15(24)2)18-19(22)26(21(29)23-20(18)28)13-16-10-5-4-6-11-16/h4-6,10-11,15H,3,7-9,12-14,22H2,1-2H3,(H,23,28,29)/t15-/m0/s1. The molecule has 2 heterocycles. The number of piperidine rings is 1. The molecule has 0 bridgehead atoms. The summed E-state index contributed by atoms with van der Waals surface area (Å²) < 4.78 is 1.30. The highest BCUT2D eigenvalue weighted by molar-refractivity contribution is 5.96. The molecule has 1 aliphatic rings. The smallest absolute Gasteiger partial charge is 0.330 e. The monoisotopic (exact) mass is 399 g/mol. The summed E-state index contributed by atoms with van der Waals surface area (Å²) in [5.74, 6) is -0.187. The third kappa shape index (κ3) is 4.59. The number of aromatic amines is 1. The lowest BCUT2D eigenvalue weighted by Crippen LogP contribution is -2.48. The van der Waals surface area contributed by atoms with Crippen molar-refractivity contribution >= 4 is 17.4 Å². The normalized spacial score (nSPS) is 17.2. The molecule has 156 valence electrons. The zero-order chi connectivity index (χ0) is 21.0. The first-order valence-corrected chi connectivity index (χ1v) is 10.1. The van der Waals surface area contributed by atoms with Crippen molar-refractivity contribution in [2.45, 2.75) is 45.7 Å². The molecule has 0 radical (unpaired) electrons. The van der Waals surface area contributed by atoms with Gasteiger partial charge in [-0.2, -0.15) is 0 Å². The number of carbonyl (C=O) groups is 1. The Kier molecular flexibility index (Phi) is 6.53. The van der Waals surface area contributed by atoms with Gasteiger partial charge in [0.2, 0.25) is 5.91 Å². The zero-order valence-corrected chi connectivity index (χ0v) is 17.1. The van der Waals surface area contributed by atoms with E-state index in [2.05, 4.69) is 16.8 Å². The second-order valence-electron chi connectivity index (χ2n) is 7.52. The van der Waals surface area contributed by atoms with Crippen LogP contribution in [0.1, 0.15) is 38.7 Å². The minimum absolute atomic E-state index is 0.00416. The lowest BCUT2D eigenvalue weighted by molar-refractivity contribution is -0.120. The van der Waals surface area contributed by atoms with Crippen molar-refractivity contribution < 1.29 is 4.79 Å². The Hall–Kier alpha value is -2.87. The number of nitrogens with two attached hydrogens (primary N) is 1. The van der Waals surface area contributed by atoms with E-state index in [4.69, 9.17) is 5.73 Å². The average Bonchev–Trinajstić information content (AvgIpc) is 2.70. The molecule has 1 fully saturated rings. The number of nitrogen functional groups attached to an aromatic ring is 1. The summed E-state index contributed by atoms with van der Waals surface area (Å²) in [7, 11) is 0. The predicted octanol–water partition coefficient (Wildman–Crippen LogP) is 1.39. The van der Waals surface area contributed by atoms with Crippen molar-refractivity contribution in [3.8, 4) is 0 Å². The number of hydrogen-bond donors (Lipinski definition) is 2. The van der Waals surface area contributed by atoms with Gasteiger partial charge in [0, 0.05) is 12.6 Å².